The number of amides is 1. The molecule has 0 radical (unpaired) electrons. The lowest BCUT2D eigenvalue weighted by Crippen LogP contribution is -2.37. The third-order valence-electron chi connectivity index (χ3n) is 5.00. The van der Waals surface area contributed by atoms with Crippen LogP contribution >= 0.6 is 0 Å². The van der Waals surface area contributed by atoms with Crippen LogP contribution in [0.1, 0.15) is 31.2 Å². The predicted molar refractivity (Wildman–Crippen MR) is 99.9 cm³/mol. The second kappa shape index (κ2) is 7.15. The highest BCUT2D eigenvalue weighted by Crippen LogP contribution is 2.17. The van der Waals surface area contributed by atoms with E-state index >= 15 is 0 Å². The van der Waals surface area contributed by atoms with Crippen molar-refractivity contribution in [3.63, 3.8) is 0 Å². The number of hydrogen-bond donors (Lipinski definition) is 1. The van der Waals surface area contributed by atoms with Gasteiger partial charge in [0.2, 0.25) is 5.91 Å². The first-order valence-electron chi connectivity index (χ1n) is 9.07. The predicted octanol–water partition coefficient (Wildman–Crippen LogP) is 2.31. The highest BCUT2D eigenvalue weighted by Gasteiger charge is 2.18. The standard InChI is InChI=1S/C20H22N4O2/c25-18(22-17-5-1-2-6-17)14-24-11-8-16-7-10-23(19(16)20(24)26)13-15-4-3-9-21-12-15/h3-4,7-12,17H,1-2,5-6,13-14H2,(H,22,25). The van der Waals surface area contributed by atoms with Crippen LogP contribution in [0.5, 0.6) is 0 Å². The molecule has 6 heteroatoms. The maximum absolute atomic E-state index is 12.9. The Morgan fingerprint density at radius 2 is 1.92 bits per heavy atom. The molecular weight excluding hydrogens is 328 g/mol. The number of nitrogens with zero attached hydrogens (tertiary/aromatic N) is 3. The third-order valence-corrected chi connectivity index (χ3v) is 5.00. The van der Waals surface area contributed by atoms with E-state index in [1.165, 1.54) is 17.4 Å². The molecule has 0 spiro atoms. The maximum Gasteiger partial charge on any atom is 0.275 e. The number of fused-ring (bicyclic) bond motifs is 1. The molecule has 4 rings (SSSR count). The van der Waals surface area contributed by atoms with E-state index in [1.54, 1.807) is 18.6 Å². The Hall–Kier alpha value is -2.89. The summed E-state index contributed by atoms with van der Waals surface area (Å²) in [5.41, 5.74) is 1.50. The van der Waals surface area contributed by atoms with Gasteiger partial charge in [-0.2, -0.15) is 0 Å². The van der Waals surface area contributed by atoms with Gasteiger partial charge >= 0.3 is 0 Å². The molecule has 1 aliphatic rings. The van der Waals surface area contributed by atoms with E-state index in [-0.39, 0.29) is 24.1 Å². The molecular formula is C20H22N4O2. The fraction of sp³-hybridized carbons (Fsp3) is 0.350. The minimum absolute atomic E-state index is 0.0589. The molecule has 1 N–H and O–H groups in total. The summed E-state index contributed by atoms with van der Waals surface area (Å²) in [6.45, 7) is 0.633. The summed E-state index contributed by atoms with van der Waals surface area (Å²) >= 11 is 0. The van der Waals surface area contributed by atoms with Crippen LogP contribution < -0.4 is 10.9 Å². The van der Waals surface area contributed by atoms with Gasteiger partial charge < -0.3 is 14.5 Å². The molecule has 0 unspecified atom stereocenters. The van der Waals surface area contributed by atoms with E-state index in [0.29, 0.717) is 12.1 Å². The minimum atomic E-state index is -0.141. The van der Waals surface area contributed by atoms with Gasteiger partial charge in [-0.15, -0.1) is 0 Å². The van der Waals surface area contributed by atoms with Crippen molar-refractivity contribution < 1.29 is 4.79 Å². The molecule has 1 fully saturated rings. The zero-order valence-corrected chi connectivity index (χ0v) is 14.6. The molecule has 1 aliphatic carbocycles. The normalized spacial score (nSPS) is 14.8. The molecule has 3 aromatic heterocycles. The summed E-state index contributed by atoms with van der Waals surface area (Å²) < 4.78 is 3.41. The van der Waals surface area contributed by atoms with Crippen LogP contribution in [0.15, 0.2) is 53.8 Å². The van der Waals surface area contributed by atoms with Gasteiger partial charge in [-0.05, 0) is 36.6 Å². The van der Waals surface area contributed by atoms with Gasteiger partial charge in [-0.3, -0.25) is 14.6 Å². The summed E-state index contributed by atoms with van der Waals surface area (Å²) in [5.74, 6) is -0.0938. The van der Waals surface area contributed by atoms with Gasteiger partial charge in [0, 0.05) is 42.8 Å². The van der Waals surface area contributed by atoms with Crippen LogP contribution in [0.2, 0.25) is 0 Å². The molecule has 1 amide bonds. The first kappa shape index (κ1) is 16.6. The molecule has 3 heterocycles. The number of rotatable bonds is 5. The lowest BCUT2D eigenvalue weighted by molar-refractivity contribution is -0.122. The number of nitrogens with one attached hydrogen (secondary N) is 1. The Morgan fingerprint density at radius 3 is 2.65 bits per heavy atom. The Balaban J connectivity index is 1.58. The zero-order chi connectivity index (χ0) is 17.9. The molecule has 0 aromatic carbocycles. The van der Waals surface area contributed by atoms with Crippen molar-refractivity contribution in [3.8, 4) is 0 Å². The SMILES string of the molecule is O=C(Cn1ccc2ccn(Cc3cccnc3)c2c1=O)NC1CCCC1. The Morgan fingerprint density at radius 1 is 1.15 bits per heavy atom. The van der Waals surface area contributed by atoms with Gasteiger partial charge in [0.25, 0.3) is 5.56 Å². The minimum Gasteiger partial charge on any atom is -0.352 e. The van der Waals surface area contributed by atoms with Crippen molar-refractivity contribution in [1.82, 2.24) is 19.4 Å². The Labute approximate surface area is 151 Å². The maximum atomic E-state index is 12.9. The van der Waals surface area contributed by atoms with E-state index in [0.717, 1.165) is 23.8 Å². The fourth-order valence-corrected chi connectivity index (χ4v) is 3.69. The zero-order valence-electron chi connectivity index (χ0n) is 14.6. The summed E-state index contributed by atoms with van der Waals surface area (Å²) in [6.07, 6.45) is 11.5. The summed E-state index contributed by atoms with van der Waals surface area (Å²) in [5, 5.41) is 3.92. The molecule has 3 aromatic rings. The topological polar surface area (TPSA) is 68.9 Å². The average molecular weight is 350 g/mol. The molecule has 0 atom stereocenters. The highest BCUT2D eigenvalue weighted by molar-refractivity contribution is 5.80. The quantitative estimate of drug-likeness (QED) is 0.768. The number of hydrogen-bond acceptors (Lipinski definition) is 3. The van der Waals surface area contributed by atoms with Crippen LogP contribution in [-0.4, -0.2) is 26.1 Å². The molecule has 1 saturated carbocycles. The van der Waals surface area contributed by atoms with Crippen molar-refractivity contribution in [2.45, 2.75) is 44.8 Å². The van der Waals surface area contributed by atoms with Crippen molar-refractivity contribution in [2.24, 2.45) is 0 Å². The van der Waals surface area contributed by atoms with Gasteiger partial charge in [-0.1, -0.05) is 18.9 Å². The molecule has 26 heavy (non-hydrogen) atoms. The molecule has 0 saturated heterocycles. The second-order valence-electron chi connectivity index (χ2n) is 6.91. The lowest BCUT2D eigenvalue weighted by Gasteiger charge is -2.13. The monoisotopic (exact) mass is 350 g/mol. The molecule has 134 valence electrons. The Bertz CT molecular complexity index is 968. The van der Waals surface area contributed by atoms with E-state index in [4.69, 9.17) is 0 Å². The second-order valence-corrected chi connectivity index (χ2v) is 6.91. The van der Waals surface area contributed by atoms with Crippen molar-refractivity contribution in [1.29, 1.82) is 0 Å². The third kappa shape index (κ3) is 3.40. The number of carbonyl (C=O) groups is 1. The van der Waals surface area contributed by atoms with Crippen LogP contribution in [0.3, 0.4) is 0 Å². The summed E-state index contributed by atoms with van der Waals surface area (Å²) in [4.78, 5) is 29.3. The highest BCUT2D eigenvalue weighted by atomic mass is 16.2. The van der Waals surface area contributed by atoms with Crippen LogP contribution in [0, 0.1) is 0 Å². The van der Waals surface area contributed by atoms with Gasteiger partial charge in [0.05, 0.1) is 0 Å². The number of pyridine rings is 2. The smallest absolute Gasteiger partial charge is 0.275 e. The number of aromatic nitrogens is 3. The van der Waals surface area contributed by atoms with Crippen LogP contribution in [0.25, 0.3) is 10.9 Å². The van der Waals surface area contributed by atoms with E-state index in [2.05, 4.69) is 10.3 Å². The van der Waals surface area contributed by atoms with E-state index < -0.39 is 0 Å². The first-order chi connectivity index (χ1) is 12.7. The van der Waals surface area contributed by atoms with Crippen molar-refractivity contribution in [2.75, 3.05) is 0 Å². The van der Waals surface area contributed by atoms with Gasteiger partial charge in [0.1, 0.15) is 12.1 Å². The molecule has 6 nitrogen and oxygen atoms in total. The lowest BCUT2D eigenvalue weighted by atomic mass is 10.2. The van der Waals surface area contributed by atoms with Crippen molar-refractivity contribution >= 4 is 16.8 Å². The van der Waals surface area contributed by atoms with E-state index in [9.17, 15) is 9.59 Å². The Kier molecular flexibility index (Phi) is 4.56. The van der Waals surface area contributed by atoms with Gasteiger partial charge in [0.15, 0.2) is 0 Å². The summed E-state index contributed by atoms with van der Waals surface area (Å²) in [7, 11) is 0. The van der Waals surface area contributed by atoms with Crippen LogP contribution in [-0.2, 0) is 17.9 Å². The van der Waals surface area contributed by atoms with E-state index in [1.807, 2.05) is 35.0 Å². The molecule has 0 bridgehead atoms. The van der Waals surface area contributed by atoms with Gasteiger partial charge in [-0.25, -0.2) is 0 Å². The number of carbonyl (C=O) groups excluding carboxylic acids is 1. The largest absolute Gasteiger partial charge is 0.352 e. The first-order valence-corrected chi connectivity index (χ1v) is 9.07. The molecule has 0 aliphatic heterocycles. The summed E-state index contributed by atoms with van der Waals surface area (Å²) in [6, 6.07) is 7.94. The average Bonchev–Trinajstić information content (AvgIpc) is 3.29. The van der Waals surface area contributed by atoms with Crippen LogP contribution in [0.4, 0.5) is 0 Å². The van der Waals surface area contributed by atoms with Crippen molar-refractivity contribution in [3.05, 3.63) is 65.0 Å². The fourth-order valence-electron chi connectivity index (χ4n) is 3.69.